The first-order valence-corrected chi connectivity index (χ1v) is 6.07. The zero-order chi connectivity index (χ0) is 13.0. The number of nitrogen functional groups attached to an aromatic ring is 1. The molecule has 1 aromatic carbocycles. The van der Waals surface area contributed by atoms with Gasteiger partial charge in [-0.05, 0) is 12.1 Å². The number of para-hydroxylation sites is 2. The minimum Gasteiger partial charge on any atom is -0.493 e. The Balaban J connectivity index is 2.04. The fraction of sp³-hybridized carbons (Fsp3) is 0.167. The monoisotopic (exact) mass is 263 g/mol. The number of nitrogens with one attached hydrogen (secondary N) is 1. The zero-order valence-electron chi connectivity index (χ0n) is 9.84. The molecule has 0 unspecified atom stereocenters. The topological polar surface area (TPSA) is 81.2 Å². The van der Waals surface area contributed by atoms with Gasteiger partial charge in [0.2, 0.25) is 0 Å². The van der Waals surface area contributed by atoms with E-state index in [1.54, 1.807) is 13.3 Å². The van der Waals surface area contributed by atoms with Crippen molar-refractivity contribution in [2.24, 2.45) is 5.73 Å². The first kappa shape index (κ1) is 12.4. The van der Waals surface area contributed by atoms with E-state index in [2.05, 4.69) is 4.98 Å². The van der Waals surface area contributed by atoms with Gasteiger partial charge in [-0.1, -0.05) is 12.1 Å². The first-order valence-electron chi connectivity index (χ1n) is 5.25. The lowest BCUT2D eigenvalue weighted by atomic mass is 10.3. The number of aromatic nitrogens is 1. The molecule has 0 amide bonds. The van der Waals surface area contributed by atoms with Crippen LogP contribution in [-0.4, -0.2) is 17.9 Å². The van der Waals surface area contributed by atoms with Crippen LogP contribution in [0.15, 0.2) is 30.5 Å². The number of hydrogen-bond donors (Lipinski definition) is 2. The van der Waals surface area contributed by atoms with E-state index in [0.29, 0.717) is 23.0 Å². The summed E-state index contributed by atoms with van der Waals surface area (Å²) in [5.41, 5.74) is 5.37. The highest BCUT2D eigenvalue weighted by Crippen LogP contribution is 2.27. The van der Waals surface area contributed by atoms with Crippen molar-refractivity contribution in [1.82, 2.24) is 4.98 Å². The van der Waals surface area contributed by atoms with E-state index in [0.717, 1.165) is 5.01 Å². The van der Waals surface area contributed by atoms with Crippen LogP contribution in [0.5, 0.6) is 11.5 Å². The molecule has 0 aliphatic carbocycles. The molecule has 0 saturated heterocycles. The molecule has 2 rings (SSSR count). The van der Waals surface area contributed by atoms with Gasteiger partial charge >= 0.3 is 0 Å². The van der Waals surface area contributed by atoms with Gasteiger partial charge in [-0.25, -0.2) is 4.98 Å². The molecule has 0 bridgehead atoms. The maximum Gasteiger partial charge on any atom is 0.161 e. The van der Waals surface area contributed by atoms with Crippen LogP contribution in [0, 0.1) is 5.41 Å². The van der Waals surface area contributed by atoms with Crippen LogP contribution in [0.3, 0.4) is 0 Å². The molecule has 0 fully saturated rings. The second-order valence-corrected chi connectivity index (χ2v) is 4.59. The third-order valence-corrected chi connectivity index (χ3v) is 3.24. The van der Waals surface area contributed by atoms with E-state index in [9.17, 15) is 0 Å². The Bertz CT molecular complexity index is 554. The predicted octanol–water partition coefficient (Wildman–Crippen LogP) is 2.01. The molecule has 1 aromatic heterocycles. The van der Waals surface area contributed by atoms with Gasteiger partial charge in [0, 0.05) is 6.20 Å². The number of hydrogen-bond acceptors (Lipinski definition) is 5. The highest BCUT2D eigenvalue weighted by Gasteiger charge is 2.07. The molecule has 1 heterocycles. The third kappa shape index (κ3) is 2.78. The van der Waals surface area contributed by atoms with Crippen LogP contribution in [-0.2, 0) is 6.61 Å². The molecule has 2 aromatic rings. The van der Waals surface area contributed by atoms with Gasteiger partial charge < -0.3 is 15.2 Å². The highest BCUT2D eigenvalue weighted by molar-refractivity contribution is 7.13. The molecule has 0 radical (unpaired) electrons. The predicted molar refractivity (Wildman–Crippen MR) is 70.5 cm³/mol. The van der Waals surface area contributed by atoms with Crippen molar-refractivity contribution in [2.75, 3.05) is 7.11 Å². The normalized spacial score (nSPS) is 10.1. The average Bonchev–Trinajstić information content (AvgIpc) is 2.85. The van der Waals surface area contributed by atoms with Crippen molar-refractivity contribution in [2.45, 2.75) is 6.61 Å². The molecule has 0 saturated carbocycles. The van der Waals surface area contributed by atoms with Crippen LogP contribution >= 0.6 is 11.3 Å². The van der Waals surface area contributed by atoms with Crippen molar-refractivity contribution in [1.29, 1.82) is 5.41 Å². The van der Waals surface area contributed by atoms with Gasteiger partial charge in [-0.2, -0.15) is 0 Å². The van der Waals surface area contributed by atoms with Crippen molar-refractivity contribution in [3.63, 3.8) is 0 Å². The summed E-state index contributed by atoms with van der Waals surface area (Å²) in [5.74, 6) is 1.37. The van der Waals surface area contributed by atoms with E-state index in [1.807, 2.05) is 24.3 Å². The Hall–Kier alpha value is -2.08. The Kier molecular flexibility index (Phi) is 3.78. The number of amidine groups is 1. The first-order chi connectivity index (χ1) is 8.70. The van der Waals surface area contributed by atoms with Crippen molar-refractivity contribution in [3.05, 3.63) is 40.3 Å². The standard InChI is InChI=1S/C12H13N3O2S/c1-16-8-4-2-3-5-9(8)17-7-11-15-6-10(18-11)12(13)14/h2-6H,7H2,1H3,(H3,13,14). The Morgan fingerprint density at radius 3 is 2.72 bits per heavy atom. The zero-order valence-corrected chi connectivity index (χ0v) is 10.7. The van der Waals surface area contributed by atoms with Crippen LogP contribution in [0.1, 0.15) is 9.88 Å². The number of ether oxygens (including phenoxy) is 2. The van der Waals surface area contributed by atoms with Crippen molar-refractivity contribution in [3.8, 4) is 11.5 Å². The highest BCUT2D eigenvalue weighted by atomic mass is 32.1. The number of nitrogens with zero attached hydrogens (tertiary/aromatic N) is 1. The molecular weight excluding hydrogens is 250 g/mol. The van der Waals surface area contributed by atoms with Crippen molar-refractivity contribution < 1.29 is 9.47 Å². The Morgan fingerprint density at radius 1 is 1.39 bits per heavy atom. The lowest BCUT2D eigenvalue weighted by Crippen LogP contribution is -2.08. The van der Waals surface area contributed by atoms with Crippen LogP contribution in [0.25, 0.3) is 0 Å². The molecule has 0 aliphatic rings. The van der Waals surface area contributed by atoms with Crippen LogP contribution in [0.4, 0.5) is 0 Å². The molecule has 0 spiro atoms. The minimum absolute atomic E-state index is 0.0241. The molecule has 5 nitrogen and oxygen atoms in total. The fourth-order valence-corrected chi connectivity index (χ4v) is 2.07. The van der Waals surface area contributed by atoms with Gasteiger partial charge in [0.1, 0.15) is 17.5 Å². The summed E-state index contributed by atoms with van der Waals surface area (Å²) in [4.78, 5) is 4.79. The van der Waals surface area contributed by atoms with E-state index in [4.69, 9.17) is 20.6 Å². The largest absolute Gasteiger partial charge is 0.493 e. The summed E-state index contributed by atoms with van der Waals surface area (Å²) in [6, 6.07) is 7.42. The molecule has 94 valence electrons. The summed E-state index contributed by atoms with van der Waals surface area (Å²) in [6.07, 6.45) is 1.58. The van der Waals surface area contributed by atoms with E-state index in [1.165, 1.54) is 11.3 Å². The summed E-state index contributed by atoms with van der Waals surface area (Å²) in [7, 11) is 1.60. The Labute approximate surface area is 109 Å². The minimum atomic E-state index is 0.0241. The second-order valence-electron chi connectivity index (χ2n) is 3.47. The van der Waals surface area contributed by atoms with Gasteiger partial charge in [0.05, 0.1) is 12.0 Å². The number of nitrogens with two attached hydrogens (primary N) is 1. The number of methoxy groups -OCH3 is 1. The quantitative estimate of drug-likeness (QED) is 0.638. The summed E-state index contributed by atoms with van der Waals surface area (Å²) in [6.45, 7) is 0.332. The van der Waals surface area contributed by atoms with Crippen LogP contribution < -0.4 is 15.2 Å². The lowest BCUT2D eigenvalue weighted by molar-refractivity contribution is 0.284. The molecular formula is C12H13N3O2S. The lowest BCUT2D eigenvalue weighted by Gasteiger charge is -2.08. The van der Waals surface area contributed by atoms with Gasteiger partial charge in [-0.15, -0.1) is 11.3 Å². The second kappa shape index (κ2) is 5.50. The number of thiazole rings is 1. The van der Waals surface area contributed by atoms with Gasteiger partial charge in [0.25, 0.3) is 0 Å². The third-order valence-electron chi connectivity index (χ3n) is 2.24. The van der Waals surface area contributed by atoms with Crippen molar-refractivity contribution >= 4 is 17.2 Å². The summed E-state index contributed by atoms with van der Waals surface area (Å²) in [5, 5.41) is 8.07. The van der Waals surface area contributed by atoms with Gasteiger partial charge in [-0.3, -0.25) is 5.41 Å². The Morgan fingerprint density at radius 2 is 2.11 bits per heavy atom. The van der Waals surface area contributed by atoms with E-state index in [-0.39, 0.29) is 5.84 Å². The number of benzene rings is 1. The van der Waals surface area contributed by atoms with Crippen LogP contribution in [0.2, 0.25) is 0 Å². The molecule has 6 heteroatoms. The fourth-order valence-electron chi connectivity index (χ4n) is 1.38. The molecule has 3 N–H and O–H groups in total. The maximum atomic E-state index is 7.30. The summed E-state index contributed by atoms with van der Waals surface area (Å²) < 4.78 is 10.8. The van der Waals surface area contributed by atoms with E-state index >= 15 is 0 Å². The smallest absolute Gasteiger partial charge is 0.161 e. The summed E-state index contributed by atoms with van der Waals surface area (Å²) >= 11 is 1.35. The molecule has 18 heavy (non-hydrogen) atoms. The van der Waals surface area contributed by atoms with Gasteiger partial charge in [0.15, 0.2) is 11.5 Å². The number of rotatable bonds is 5. The maximum absolute atomic E-state index is 7.30. The average molecular weight is 263 g/mol. The molecule has 0 atom stereocenters. The molecule has 0 aliphatic heterocycles. The SMILES string of the molecule is COc1ccccc1OCc1ncc(C(=N)N)s1. The van der Waals surface area contributed by atoms with E-state index < -0.39 is 0 Å².